The maximum absolute atomic E-state index is 12.5. The zero-order valence-corrected chi connectivity index (χ0v) is 16.9. The molecule has 1 saturated heterocycles. The van der Waals surface area contributed by atoms with Gasteiger partial charge in [-0.3, -0.25) is 4.99 Å². The standard InChI is InChI=1S/C18H30N4O3S/c1-5-25-16-10-12-22(13-11-16)18(19-2)20-14-15-8-6-7-9-17(15)26(23,24)21(3)4/h6-9,16H,5,10-14H2,1-4H3,(H,19,20). The monoisotopic (exact) mass is 382 g/mol. The number of nitrogens with zero attached hydrogens (tertiary/aromatic N) is 3. The van der Waals surface area contributed by atoms with Gasteiger partial charge in [-0.15, -0.1) is 0 Å². The Hall–Kier alpha value is -1.64. The highest BCUT2D eigenvalue weighted by atomic mass is 32.2. The fraction of sp³-hybridized carbons (Fsp3) is 0.611. The van der Waals surface area contributed by atoms with Gasteiger partial charge in [-0.25, -0.2) is 12.7 Å². The van der Waals surface area contributed by atoms with Crippen LogP contribution in [0.1, 0.15) is 25.3 Å². The Morgan fingerprint density at radius 2 is 1.96 bits per heavy atom. The van der Waals surface area contributed by atoms with Crippen LogP contribution in [0.2, 0.25) is 0 Å². The van der Waals surface area contributed by atoms with Crippen LogP contribution in [-0.2, 0) is 21.3 Å². The Morgan fingerprint density at radius 1 is 1.31 bits per heavy atom. The number of rotatable bonds is 6. The van der Waals surface area contributed by atoms with Crippen molar-refractivity contribution < 1.29 is 13.2 Å². The van der Waals surface area contributed by atoms with Crippen molar-refractivity contribution in [2.24, 2.45) is 4.99 Å². The van der Waals surface area contributed by atoms with Crippen molar-refractivity contribution in [2.75, 3.05) is 40.8 Å². The molecule has 0 spiro atoms. The summed E-state index contributed by atoms with van der Waals surface area (Å²) in [7, 11) is 1.36. The zero-order valence-electron chi connectivity index (χ0n) is 16.1. The molecule has 0 bridgehead atoms. The van der Waals surface area contributed by atoms with E-state index in [1.165, 1.54) is 4.31 Å². The van der Waals surface area contributed by atoms with Crippen molar-refractivity contribution in [1.29, 1.82) is 0 Å². The quantitative estimate of drug-likeness (QED) is 0.596. The topological polar surface area (TPSA) is 74.2 Å². The van der Waals surface area contributed by atoms with Crippen molar-refractivity contribution in [3.05, 3.63) is 29.8 Å². The molecule has 0 aliphatic carbocycles. The summed E-state index contributed by atoms with van der Waals surface area (Å²) in [4.78, 5) is 6.87. The molecule has 1 aliphatic rings. The van der Waals surface area contributed by atoms with Crippen LogP contribution in [-0.4, -0.2) is 70.5 Å². The lowest BCUT2D eigenvalue weighted by molar-refractivity contribution is 0.0263. The number of aliphatic imine (C=N–C) groups is 1. The summed E-state index contributed by atoms with van der Waals surface area (Å²) >= 11 is 0. The van der Waals surface area contributed by atoms with Gasteiger partial charge in [-0.1, -0.05) is 18.2 Å². The Kier molecular flexibility index (Phi) is 7.43. The smallest absolute Gasteiger partial charge is 0.242 e. The van der Waals surface area contributed by atoms with E-state index in [0.29, 0.717) is 17.5 Å². The van der Waals surface area contributed by atoms with Crippen LogP contribution in [0.3, 0.4) is 0 Å². The first kappa shape index (κ1) is 20.7. The van der Waals surface area contributed by atoms with E-state index in [1.54, 1.807) is 33.3 Å². The summed E-state index contributed by atoms with van der Waals surface area (Å²) < 4.78 is 31.9. The molecular formula is C18H30N4O3S. The van der Waals surface area contributed by atoms with E-state index >= 15 is 0 Å². The second-order valence-corrected chi connectivity index (χ2v) is 8.56. The molecule has 1 heterocycles. The number of hydrogen-bond acceptors (Lipinski definition) is 4. The van der Waals surface area contributed by atoms with E-state index in [1.807, 2.05) is 19.1 Å². The van der Waals surface area contributed by atoms with E-state index in [9.17, 15) is 8.42 Å². The van der Waals surface area contributed by atoms with Crippen molar-refractivity contribution in [2.45, 2.75) is 37.3 Å². The third kappa shape index (κ3) is 4.96. The highest BCUT2D eigenvalue weighted by Crippen LogP contribution is 2.19. The third-order valence-electron chi connectivity index (χ3n) is 4.52. The van der Waals surface area contributed by atoms with Crippen molar-refractivity contribution >= 4 is 16.0 Å². The van der Waals surface area contributed by atoms with Crippen molar-refractivity contribution in [3.8, 4) is 0 Å². The molecule has 0 aromatic heterocycles. The molecule has 1 N–H and O–H groups in total. The number of nitrogens with one attached hydrogen (secondary N) is 1. The molecule has 0 radical (unpaired) electrons. The summed E-state index contributed by atoms with van der Waals surface area (Å²) in [6.07, 6.45) is 2.26. The normalized spacial score (nSPS) is 17.0. The molecule has 1 aromatic rings. The number of likely N-dealkylation sites (tertiary alicyclic amines) is 1. The van der Waals surface area contributed by atoms with E-state index in [-0.39, 0.29) is 0 Å². The van der Waals surface area contributed by atoms with Gasteiger partial charge in [0.15, 0.2) is 5.96 Å². The van der Waals surface area contributed by atoms with E-state index in [0.717, 1.165) is 44.1 Å². The maximum Gasteiger partial charge on any atom is 0.242 e. The van der Waals surface area contributed by atoms with Gasteiger partial charge in [0.05, 0.1) is 11.0 Å². The SMILES string of the molecule is CCOC1CCN(C(=NC)NCc2ccccc2S(=O)(=O)N(C)C)CC1. The fourth-order valence-electron chi connectivity index (χ4n) is 3.07. The minimum absolute atomic E-state index is 0.320. The minimum Gasteiger partial charge on any atom is -0.378 e. The van der Waals surface area contributed by atoms with Crippen molar-refractivity contribution in [1.82, 2.24) is 14.5 Å². The lowest BCUT2D eigenvalue weighted by atomic mass is 10.1. The lowest BCUT2D eigenvalue weighted by Gasteiger charge is -2.34. The number of guanidine groups is 1. The number of benzene rings is 1. The van der Waals surface area contributed by atoms with E-state index < -0.39 is 10.0 Å². The molecule has 7 nitrogen and oxygen atoms in total. The fourth-order valence-corrected chi connectivity index (χ4v) is 4.19. The summed E-state index contributed by atoms with van der Waals surface area (Å²) in [5.74, 6) is 0.789. The molecular weight excluding hydrogens is 352 g/mol. The number of piperidine rings is 1. The molecule has 1 aliphatic heterocycles. The number of hydrogen-bond donors (Lipinski definition) is 1. The number of ether oxygens (including phenoxy) is 1. The van der Waals surface area contributed by atoms with Crippen molar-refractivity contribution in [3.63, 3.8) is 0 Å². The second kappa shape index (κ2) is 9.34. The summed E-state index contributed by atoms with van der Waals surface area (Å²) in [5.41, 5.74) is 0.728. The zero-order chi connectivity index (χ0) is 19.2. The molecule has 1 fully saturated rings. The minimum atomic E-state index is -3.48. The van der Waals surface area contributed by atoms with E-state index in [4.69, 9.17) is 4.74 Å². The highest BCUT2D eigenvalue weighted by molar-refractivity contribution is 7.89. The van der Waals surface area contributed by atoms with Crippen LogP contribution in [0.15, 0.2) is 34.2 Å². The predicted molar refractivity (Wildman–Crippen MR) is 104 cm³/mol. The van der Waals surface area contributed by atoms with Gasteiger partial charge < -0.3 is 15.0 Å². The Labute approximate surface area is 157 Å². The first-order valence-corrected chi connectivity index (χ1v) is 10.4. The van der Waals surface area contributed by atoms with Gasteiger partial charge in [0.2, 0.25) is 10.0 Å². The van der Waals surface area contributed by atoms with Gasteiger partial charge in [0.1, 0.15) is 0 Å². The third-order valence-corrected chi connectivity index (χ3v) is 6.44. The highest BCUT2D eigenvalue weighted by Gasteiger charge is 2.23. The van der Waals surface area contributed by atoms with Crippen LogP contribution < -0.4 is 5.32 Å². The maximum atomic E-state index is 12.5. The predicted octanol–water partition coefficient (Wildman–Crippen LogP) is 1.51. The Morgan fingerprint density at radius 3 is 2.54 bits per heavy atom. The van der Waals surface area contributed by atoms with Gasteiger partial charge in [-0.2, -0.15) is 0 Å². The van der Waals surface area contributed by atoms with Gasteiger partial charge >= 0.3 is 0 Å². The Balaban J connectivity index is 2.04. The van der Waals surface area contributed by atoms with Crippen LogP contribution >= 0.6 is 0 Å². The lowest BCUT2D eigenvalue weighted by Crippen LogP contribution is -2.46. The second-order valence-electron chi connectivity index (χ2n) is 6.44. The summed E-state index contributed by atoms with van der Waals surface area (Å²) in [5, 5.41) is 3.31. The summed E-state index contributed by atoms with van der Waals surface area (Å²) in [6, 6.07) is 7.07. The van der Waals surface area contributed by atoms with Crippen LogP contribution in [0, 0.1) is 0 Å². The number of sulfonamides is 1. The average molecular weight is 383 g/mol. The molecule has 0 saturated carbocycles. The summed E-state index contributed by atoms with van der Waals surface area (Å²) in [6.45, 7) is 4.92. The molecule has 0 atom stereocenters. The molecule has 1 aromatic carbocycles. The Bertz CT molecular complexity index is 711. The first-order valence-electron chi connectivity index (χ1n) is 8.97. The molecule has 0 unspecified atom stereocenters. The van der Waals surface area contributed by atoms with Crippen LogP contribution in [0.4, 0.5) is 0 Å². The van der Waals surface area contributed by atoms with Gasteiger partial charge in [0, 0.05) is 47.4 Å². The van der Waals surface area contributed by atoms with Crippen LogP contribution in [0.5, 0.6) is 0 Å². The van der Waals surface area contributed by atoms with Gasteiger partial charge in [-0.05, 0) is 31.4 Å². The molecule has 8 heteroatoms. The molecule has 146 valence electrons. The molecule has 2 rings (SSSR count). The molecule has 26 heavy (non-hydrogen) atoms. The van der Waals surface area contributed by atoms with E-state index in [2.05, 4.69) is 15.2 Å². The first-order chi connectivity index (χ1) is 12.4. The largest absolute Gasteiger partial charge is 0.378 e. The molecule has 0 amide bonds. The average Bonchev–Trinajstić information content (AvgIpc) is 2.64. The van der Waals surface area contributed by atoms with Crippen LogP contribution in [0.25, 0.3) is 0 Å². The van der Waals surface area contributed by atoms with Gasteiger partial charge in [0.25, 0.3) is 0 Å².